The van der Waals surface area contributed by atoms with E-state index in [4.69, 9.17) is 4.98 Å². The van der Waals surface area contributed by atoms with Gasteiger partial charge in [-0.05, 0) is 87.4 Å². The van der Waals surface area contributed by atoms with Crippen LogP contribution in [0.25, 0.3) is 10.9 Å². The lowest BCUT2D eigenvalue weighted by atomic mass is 9.89. The second kappa shape index (κ2) is 8.02. The van der Waals surface area contributed by atoms with E-state index in [1.807, 2.05) is 31.2 Å². The molecule has 158 valence electrons. The van der Waals surface area contributed by atoms with Crippen LogP contribution in [-0.4, -0.2) is 23.0 Å². The van der Waals surface area contributed by atoms with Crippen molar-refractivity contribution in [3.63, 3.8) is 0 Å². The highest BCUT2D eigenvalue weighted by Crippen LogP contribution is 2.30. The van der Waals surface area contributed by atoms with Crippen LogP contribution in [-0.2, 0) is 12.8 Å². The molecule has 1 saturated carbocycles. The number of carbonyl (C=O) groups excluding carboxylic acids is 2. The average Bonchev–Trinajstić information content (AvgIpc) is 3.57. The Morgan fingerprint density at radius 3 is 2.39 bits per heavy atom. The molecule has 6 nitrogen and oxygen atoms in total. The molecule has 6 heteroatoms. The molecule has 0 atom stereocenters. The number of fused-ring (bicyclic) bond motifs is 2. The first-order valence-corrected chi connectivity index (χ1v) is 11.0. The minimum atomic E-state index is -0.190. The number of nitrogens with one attached hydrogen (secondary N) is 3. The van der Waals surface area contributed by atoms with Crippen molar-refractivity contribution >= 4 is 34.2 Å². The van der Waals surface area contributed by atoms with Crippen LogP contribution < -0.4 is 16.0 Å². The lowest BCUT2D eigenvalue weighted by molar-refractivity contribution is 0.102. The van der Waals surface area contributed by atoms with Crippen LogP contribution in [0.1, 0.15) is 52.9 Å². The van der Waals surface area contributed by atoms with Crippen LogP contribution in [0, 0.1) is 6.92 Å². The maximum absolute atomic E-state index is 13.4. The fourth-order valence-electron chi connectivity index (χ4n) is 4.21. The quantitative estimate of drug-likeness (QED) is 0.564. The molecular formula is C25H26N4O2. The Balaban J connectivity index is 1.40. The van der Waals surface area contributed by atoms with Crippen molar-refractivity contribution in [2.75, 3.05) is 10.6 Å². The van der Waals surface area contributed by atoms with Gasteiger partial charge in [-0.3, -0.25) is 9.78 Å². The number of urea groups is 1. The summed E-state index contributed by atoms with van der Waals surface area (Å²) in [4.78, 5) is 30.1. The van der Waals surface area contributed by atoms with Crippen molar-refractivity contribution in [2.24, 2.45) is 0 Å². The monoisotopic (exact) mass is 414 g/mol. The summed E-state index contributed by atoms with van der Waals surface area (Å²) in [6.07, 6.45) is 6.09. The summed E-state index contributed by atoms with van der Waals surface area (Å²) in [6, 6.07) is 13.4. The van der Waals surface area contributed by atoms with Crippen molar-refractivity contribution in [3.8, 4) is 0 Å². The lowest BCUT2D eigenvalue weighted by Crippen LogP contribution is -2.30. The number of pyridine rings is 1. The molecule has 0 saturated heterocycles. The van der Waals surface area contributed by atoms with Crippen LogP contribution in [0.15, 0.2) is 42.5 Å². The van der Waals surface area contributed by atoms with Gasteiger partial charge in [-0.2, -0.15) is 0 Å². The number of amides is 3. The summed E-state index contributed by atoms with van der Waals surface area (Å²) in [6.45, 7) is 2.03. The standard InChI is InChI=1S/C25H26N4O2/c1-15-6-13-22-20(14-15)23(19-4-2-3-5-21(19)29-22)24(30)26-16-7-9-17(10-8-16)27-25(31)28-18-11-12-18/h6-10,13-14,18H,2-5,11-12H2,1H3,(H,26,30)(H2,27,28,31). The van der Waals surface area contributed by atoms with Crippen molar-refractivity contribution < 1.29 is 9.59 Å². The van der Waals surface area contributed by atoms with E-state index in [9.17, 15) is 9.59 Å². The number of rotatable bonds is 4. The third kappa shape index (κ3) is 4.24. The van der Waals surface area contributed by atoms with Crippen LogP contribution >= 0.6 is 0 Å². The molecule has 0 bridgehead atoms. The fourth-order valence-corrected chi connectivity index (χ4v) is 4.21. The number of anilines is 2. The molecule has 2 aliphatic rings. The van der Waals surface area contributed by atoms with E-state index in [2.05, 4.69) is 22.0 Å². The molecule has 0 radical (unpaired) electrons. The smallest absolute Gasteiger partial charge is 0.319 e. The zero-order valence-electron chi connectivity index (χ0n) is 17.6. The summed E-state index contributed by atoms with van der Waals surface area (Å²) in [7, 11) is 0. The van der Waals surface area contributed by atoms with Gasteiger partial charge in [0.15, 0.2) is 0 Å². The Morgan fingerprint density at radius 1 is 0.935 bits per heavy atom. The number of hydrogen-bond donors (Lipinski definition) is 3. The zero-order valence-corrected chi connectivity index (χ0v) is 17.6. The number of nitrogens with zero attached hydrogens (tertiary/aromatic N) is 1. The maximum Gasteiger partial charge on any atom is 0.319 e. The third-order valence-corrected chi connectivity index (χ3v) is 5.96. The molecule has 2 aromatic carbocycles. The molecule has 3 amide bonds. The topological polar surface area (TPSA) is 83.1 Å². The number of hydrogen-bond acceptors (Lipinski definition) is 3. The van der Waals surface area contributed by atoms with E-state index >= 15 is 0 Å². The number of carbonyl (C=O) groups is 2. The molecule has 31 heavy (non-hydrogen) atoms. The van der Waals surface area contributed by atoms with E-state index in [1.165, 1.54) is 0 Å². The Morgan fingerprint density at radius 2 is 1.65 bits per heavy atom. The van der Waals surface area contributed by atoms with E-state index < -0.39 is 0 Å². The minimum absolute atomic E-state index is 0.108. The highest BCUT2D eigenvalue weighted by Gasteiger charge is 2.24. The first-order valence-electron chi connectivity index (χ1n) is 11.0. The highest BCUT2D eigenvalue weighted by atomic mass is 16.2. The Labute approximate surface area is 181 Å². The van der Waals surface area contributed by atoms with Gasteiger partial charge in [0, 0.05) is 28.5 Å². The van der Waals surface area contributed by atoms with Crippen LogP contribution in [0.5, 0.6) is 0 Å². The molecule has 0 unspecified atom stereocenters. The molecular weight excluding hydrogens is 388 g/mol. The van der Waals surface area contributed by atoms with Gasteiger partial charge in [0.25, 0.3) is 5.91 Å². The number of aromatic nitrogens is 1. The van der Waals surface area contributed by atoms with E-state index in [0.717, 1.165) is 71.8 Å². The van der Waals surface area contributed by atoms with Gasteiger partial charge < -0.3 is 16.0 Å². The summed E-state index contributed by atoms with van der Waals surface area (Å²) in [5, 5.41) is 9.68. The SMILES string of the molecule is Cc1ccc2nc3c(c(C(=O)Nc4ccc(NC(=O)NC5CC5)cc4)c2c1)CCCC3. The van der Waals surface area contributed by atoms with Gasteiger partial charge in [0.1, 0.15) is 0 Å². The van der Waals surface area contributed by atoms with E-state index in [0.29, 0.717) is 17.4 Å². The molecule has 0 aliphatic heterocycles. The zero-order chi connectivity index (χ0) is 21.4. The first kappa shape index (κ1) is 19.5. The molecule has 3 N–H and O–H groups in total. The van der Waals surface area contributed by atoms with Crippen LogP contribution in [0.2, 0.25) is 0 Å². The van der Waals surface area contributed by atoms with Gasteiger partial charge in [-0.15, -0.1) is 0 Å². The average molecular weight is 415 g/mol. The molecule has 1 heterocycles. The fraction of sp³-hybridized carbons (Fsp3) is 0.320. The Kier molecular flexibility index (Phi) is 5.06. The maximum atomic E-state index is 13.4. The predicted molar refractivity (Wildman–Crippen MR) is 123 cm³/mol. The summed E-state index contributed by atoms with van der Waals surface area (Å²) in [5.41, 5.74) is 6.25. The van der Waals surface area contributed by atoms with Gasteiger partial charge in [-0.25, -0.2) is 4.79 Å². The second-order valence-corrected chi connectivity index (χ2v) is 8.54. The van der Waals surface area contributed by atoms with Crippen molar-refractivity contribution in [2.45, 2.75) is 51.5 Å². The number of benzene rings is 2. The van der Waals surface area contributed by atoms with E-state index in [1.54, 1.807) is 12.1 Å². The van der Waals surface area contributed by atoms with Gasteiger partial charge >= 0.3 is 6.03 Å². The minimum Gasteiger partial charge on any atom is -0.335 e. The summed E-state index contributed by atoms with van der Waals surface area (Å²) >= 11 is 0. The summed E-state index contributed by atoms with van der Waals surface area (Å²) in [5.74, 6) is -0.108. The largest absolute Gasteiger partial charge is 0.335 e. The molecule has 2 aliphatic carbocycles. The molecule has 5 rings (SSSR count). The molecule has 1 aromatic heterocycles. The molecule has 3 aromatic rings. The number of aryl methyl sites for hydroxylation is 2. The second-order valence-electron chi connectivity index (χ2n) is 8.54. The van der Waals surface area contributed by atoms with Crippen molar-refractivity contribution in [1.82, 2.24) is 10.3 Å². The van der Waals surface area contributed by atoms with E-state index in [-0.39, 0.29) is 11.9 Å². The predicted octanol–water partition coefficient (Wildman–Crippen LogP) is 4.96. The highest BCUT2D eigenvalue weighted by molar-refractivity contribution is 6.13. The Bertz CT molecular complexity index is 1170. The van der Waals surface area contributed by atoms with Crippen molar-refractivity contribution in [1.29, 1.82) is 0 Å². The normalized spacial score (nSPS) is 15.3. The summed E-state index contributed by atoms with van der Waals surface area (Å²) < 4.78 is 0. The molecule has 0 spiro atoms. The Hall–Kier alpha value is -3.41. The lowest BCUT2D eigenvalue weighted by Gasteiger charge is -2.20. The van der Waals surface area contributed by atoms with Crippen LogP contribution in [0.3, 0.4) is 0 Å². The van der Waals surface area contributed by atoms with Gasteiger partial charge in [-0.1, -0.05) is 11.6 Å². The van der Waals surface area contributed by atoms with Gasteiger partial charge in [0.2, 0.25) is 0 Å². The van der Waals surface area contributed by atoms with Crippen LogP contribution in [0.4, 0.5) is 16.2 Å². The first-order chi connectivity index (χ1) is 15.1. The van der Waals surface area contributed by atoms with Crippen molar-refractivity contribution in [3.05, 3.63) is 64.8 Å². The van der Waals surface area contributed by atoms with Gasteiger partial charge in [0.05, 0.1) is 11.1 Å². The third-order valence-electron chi connectivity index (χ3n) is 5.96. The molecule has 1 fully saturated rings.